The number of primary amides is 1. The second-order valence-electron chi connectivity index (χ2n) is 3.83. The molecule has 1 aromatic carbocycles. The van der Waals surface area contributed by atoms with Crippen molar-refractivity contribution in [2.45, 2.75) is 6.42 Å². The van der Waals surface area contributed by atoms with Gasteiger partial charge in [-0.1, -0.05) is 12.1 Å². The van der Waals surface area contributed by atoms with Crippen LogP contribution < -0.4 is 10.5 Å². The first kappa shape index (κ1) is 12.4. The van der Waals surface area contributed by atoms with E-state index < -0.39 is 5.91 Å². The maximum absolute atomic E-state index is 11.7. The van der Waals surface area contributed by atoms with Crippen LogP contribution in [0.2, 0.25) is 0 Å². The molecule has 2 amide bonds. The molecule has 2 rings (SSSR count). The molecule has 1 fully saturated rings. The predicted molar refractivity (Wildman–Crippen MR) is 62.7 cm³/mol. The van der Waals surface area contributed by atoms with Crippen LogP contribution in [0.15, 0.2) is 24.3 Å². The van der Waals surface area contributed by atoms with Crippen LogP contribution >= 0.6 is 0 Å². The Morgan fingerprint density at radius 3 is 2.83 bits per heavy atom. The minimum atomic E-state index is -0.588. The summed E-state index contributed by atoms with van der Waals surface area (Å²) in [4.78, 5) is 27.9. The van der Waals surface area contributed by atoms with Crippen LogP contribution in [-0.4, -0.2) is 36.6 Å². The molecule has 0 spiro atoms. The molecule has 0 bridgehead atoms. The van der Waals surface area contributed by atoms with Crippen LogP contribution in [0.1, 0.15) is 16.8 Å². The van der Waals surface area contributed by atoms with E-state index in [2.05, 4.69) is 0 Å². The number of nitrogens with two attached hydrogens (primary N) is 1. The van der Waals surface area contributed by atoms with Crippen molar-refractivity contribution in [3.05, 3.63) is 29.8 Å². The van der Waals surface area contributed by atoms with Gasteiger partial charge in [-0.15, -0.1) is 0 Å². The van der Waals surface area contributed by atoms with Gasteiger partial charge in [-0.25, -0.2) is 5.06 Å². The number of nitrogens with zero attached hydrogens (tertiary/aromatic N) is 1. The molecular formula is C12H14N2O4. The van der Waals surface area contributed by atoms with Crippen LogP contribution in [0, 0.1) is 0 Å². The average molecular weight is 250 g/mol. The molecule has 96 valence electrons. The Kier molecular flexibility index (Phi) is 3.78. The third-order valence-corrected chi connectivity index (χ3v) is 2.53. The Labute approximate surface area is 104 Å². The van der Waals surface area contributed by atoms with Gasteiger partial charge in [-0.05, 0) is 18.6 Å². The molecule has 0 unspecified atom stereocenters. The van der Waals surface area contributed by atoms with Gasteiger partial charge in [-0.3, -0.25) is 14.4 Å². The van der Waals surface area contributed by atoms with Gasteiger partial charge in [0.05, 0.1) is 18.7 Å². The van der Waals surface area contributed by atoms with E-state index in [4.69, 9.17) is 15.3 Å². The zero-order valence-corrected chi connectivity index (χ0v) is 9.80. The average Bonchev–Trinajstić information content (AvgIpc) is 2.90. The highest BCUT2D eigenvalue weighted by Gasteiger charge is 2.20. The number of hydroxylamine groups is 2. The van der Waals surface area contributed by atoms with E-state index >= 15 is 0 Å². The summed E-state index contributed by atoms with van der Waals surface area (Å²) in [6, 6.07) is 6.53. The summed E-state index contributed by atoms with van der Waals surface area (Å²) in [5, 5.41) is 1.27. The Morgan fingerprint density at radius 2 is 2.17 bits per heavy atom. The van der Waals surface area contributed by atoms with Crippen molar-refractivity contribution in [1.82, 2.24) is 5.06 Å². The maximum atomic E-state index is 11.7. The lowest BCUT2D eigenvalue weighted by molar-refractivity contribution is -0.170. The molecular weight excluding hydrogens is 236 g/mol. The SMILES string of the molecule is NC(=O)c1ccccc1OCC(=O)N1CCCO1. The van der Waals surface area contributed by atoms with Crippen LogP contribution in [0.5, 0.6) is 5.75 Å². The molecule has 0 aliphatic carbocycles. The molecule has 0 aromatic heterocycles. The summed E-state index contributed by atoms with van der Waals surface area (Å²) in [7, 11) is 0. The second kappa shape index (κ2) is 5.50. The molecule has 18 heavy (non-hydrogen) atoms. The Balaban J connectivity index is 1.97. The molecule has 1 aliphatic heterocycles. The third-order valence-electron chi connectivity index (χ3n) is 2.53. The number of hydrogen-bond acceptors (Lipinski definition) is 4. The van der Waals surface area contributed by atoms with E-state index in [-0.39, 0.29) is 18.1 Å². The van der Waals surface area contributed by atoms with Crippen LogP contribution in [0.4, 0.5) is 0 Å². The number of rotatable bonds is 4. The smallest absolute Gasteiger partial charge is 0.283 e. The number of carbonyl (C=O) groups excluding carboxylic acids is 2. The normalized spacial score (nSPS) is 14.6. The minimum Gasteiger partial charge on any atom is -0.483 e. The number of carbonyl (C=O) groups is 2. The third kappa shape index (κ3) is 2.78. The highest BCUT2D eigenvalue weighted by Crippen LogP contribution is 2.17. The summed E-state index contributed by atoms with van der Waals surface area (Å²) in [5.41, 5.74) is 5.46. The van der Waals surface area contributed by atoms with Crippen molar-refractivity contribution in [1.29, 1.82) is 0 Å². The zero-order chi connectivity index (χ0) is 13.0. The van der Waals surface area contributed by atoms with Gasteiger partial charge in [0.15, 0.2) is 6.61 Å². The molecule has 0 saturated carbocycles. The first-order valence-electron chi connectivity index (χ1n) is 5.63. The van der Waals surface area contributed by atoms with Crippen LogP contribution in [-0.2, 0) is 9.63 Å². The summed E-state index contributed by atoms with van der Waals surface area (Å²) < 4.78 is 5.30. The molecule has 2 N–H and O–H groups in total. The Bertz CT molecular complexity index is 455. The number of ether oxygens (including phenoxy) is 1. The zero-order valence-electron chi connectivity index (χ0n) is 9.80. The van der Waals surface area contributed by atoms with Crippen molar-refractivity contribution in [3.63, 3.8) is 0 Å². The van der Waals surface area contributed by atoms with Gasteiger partial charge < -0.3 is 10.5 Å². The fourth-order valence-corrected chi connectivity index (χ4v) is 1.65. The predicted octanol–water partition coefficient (Wildman–Crippen LogP) is 0.328. The van der Waals surface area contributed by atoms with Crippen molar-refractivity contribution in [3.8, 4) is 5.75 Å². The number of para-hydroxylation sites is 1. The van der Waals surface area contributed by atoms with E-state index in [1.165, 1.54) is 5.06 Å². The molecule has 1 aromatic rings. The largest absolute Gasteiger partial charge is 0.483 e. The van der Waals surface area contributed by atoms with Crippen molar-refractivity contribution in [2.24, 2.45) is 5.73 Å². The van der Waals surface area contributed by atoms with Crippen molar-refractivity contribution in [2.75, 3.05) is 19.8 Å². The van der Waals surface area contributed by atoms with E-state index in [1.54, 1.807) is 24.3 Å². The molecule has 1 saturated heterocycles. The Hall–Kier alpha value is -2.08. The molecule has 0 atom stereocenters. The standard InChI is InChI=1S/C12H14N2O4/c13-12(16)9-4-1-2-5-10(9)17-8-11(15)14-6-3-7-18-14/h1-2,4-5H,3,6-8H2,(H2,13,16). The van der Waals surface area contributed by atoms with Gasteiger partial charge in [0.2, 0.25) is 0 Å². The molecule has 6 nitrogen and oxygen atoms in total. The van der Waals surface area contributed by atoms with Gasteiger partial charge in [0.25, 0.3) is 11.8 Å². The first-order chi connectivity index (χ1) is 8.68. The Morgan fingerprint density at radius 1 is 1.39 bits per heavy atom. The molecule has 0 radical (unpaired) electrons. The minimum absolute atomic E-state index is 0.176. The summed E-state index contributed by atoms with van der Waals surface area (Å²) >= 11 is 0. The number of hydrogen-bond donors (Lipinski definition) is 1. The van der Waals surface area contributed by atoms with Gasteiger partial charge in [0, 0.05) is 0 Å². The summed E-state index contributed by atoms with van der Waals surface area (Å²) in [5.74, 6) is -0.556. The number of amides is 2. The monoisotopic (exact) mass is 250 g/mol. The first-order valence-corrected chi connectivity index (χ1v) is 5.63. The maximum Gasteiger partial charge on any atom is 0.283 e. The fourth-order valence-electron chi connectivity index (χ4n) is 1.65. The summed E-state index contributed by atoms with van der Waals surface area (Å²) in [6.45, 7) is 0.938. The van der Waals surface area contributed by atoms with E-state index in [9.17, 15) is 9.59 Å². The summed E-state index contributed by atoms with van der Waals surface area (Å²) in [6.07, 6.45) is 0.823. The van der Waals surface area contributed by atoms with Gasteiger partial charge >= 0.3 is 0 Å². The van der Waals surface area contributed by atoms with E-state index in [0.717, 1.165) is 6.42 Å². The molecule has 1 heterocycles. The van der Waals surface area contributed by atoms with Crippen LogP contribution in [0.3, 0.4) is 0 Å². The highest BCUT2D eigenvalue weighted by molar-refractivity contribution is 5.95. The molecule has 6 heteroatoms. The van der Waals surface area contributed by atoms with Crippen molar-refractivity contribution < 1.29 is 19.2 Å². The van der Waals surface area contributed by atoms with Gasteiger partial charge in [-0.2, -0.15) is 0 Å². The van der Waals surface area contributed by atoms with E-state index in [1.807, 2.05) is 0 Å². The van der Waals surface area contributed by atoms with Crippen molar-refractivity contribution >= 4 is 11.8 Å². The van der Waals surface area contributed by atoms with E-state index in [0.29, 0.717) is 18.9 Å². The lowest BCUT2D eigenvalue weighted by Crippen LogP contribution is -2.31. The highest BCUT2D eigenvalue weighted by atomic mass is 16.7. The molecule has 1 aliphatic rings. The van der Waals surface area contributed by atoms with Crippen LogP contribution in [0.25, 0.3) is 0 Å². The number of benzene rings is 1. The quantitative estimate of drug-likeness (QED) is 0.834. The second-order valence-corrected chi connectivity index (χ2v) is 3.83. The fraction of sp³-hybridized carbons (Fsp3) is 0.333. The topological polar surface area (TPSA) is 81.9 Å². The van der Waals surface area contributed by atoms with Gasteiger partial charge in [0.1, 0.15) is 5.75 Å². The lowest BCUT2D eigenvalue weighted by atomic mass is 10.2. The lowest BCUT2D eigenvalue weighted by Gasteiger charge is -2.15.